The van der Waals surface area contributed by atoms with E-state index in [9.17, 15) is 0 Å². The summed E-state index contributed by atoms with van der Waals surface area (Å²) in [6.45, 7) is 5.43. The average molecular weight is 252 g/mol. The Hall–Kier alpha value is -1.80. The minimum absolute atomic E-state index is 0.697. The Morgan fingerprint density at radius 2 is 1.79 bits per heavy atom. The lowest BCUT2D eigenvalue weighted by atomic mass is 9.91. The molecule has 2 nitrogen and oxygen atoms in total. The van der Waals surface area contributed by atoms with Crippen LogP contribution in [0.25, 0.3) is 0 Å². The molecule has 0 atom stereocenters. The van der Waals surface area contributed by atoms with E-state index in [1.54, 1.807) is 0 Å². The van der Waals surface area contributed by atoms with E-state index in [-0.39, 0.29) is 0 Å². The molecule has 1 heterocycles. The number of likely N-dealkylation sites (tertiary alicyclic amines) is 1. The van der Waals surface area contributed by atoms with Gasteiger partial charge in [-0.2, -0.15) is 0 Å². The van der Waals surface area contributed by atoms with Crippen LogP contribution in [0.3, 0.4) is 0 Å². The molecule has 2 heteroatoms. The van der Waals surface area contributed by atoms with Crippen molar-refractivity contribution in [1.29, 1.82) is 0 Å². The monoisotopic (exact) mass is 252 g/mol. The van der Waals surface area contributed by atoms with Crippen molar-refractivity contribution in [2.24, 2.45) is 0 Å². The number of nitrogens with two attached hydrogens (primary N) is 1. The van der Waals surface area contributed by atoms with Gasteiger partial charge in [0, 0.05) is 31.2 Å². The van der Waals surface area contributed by atoms with Crippen molar-refractivity contribution in [3.05, 3.63) is 65.2 Å². The first-order valence-corrected chi connectivity index (χ1v) is 6.85. The fourth-order valence-corrected chi connectivity index (χ4v) is 2.75. The highest BCUT2D eigenvalue weighted by molar-refractivity contribution is 5.50. The number of hydrogen-bond donors (Lipinski definition) is 1. The molecular formula is C17H20N2. The molecule has 0 bridgehead atoms. The summed E-state index contributed by atoms with van der Waals surface area (Å²) in [7, 11) is 0. The Bertz CT molecular complexity index is 557. The Kier molecular flexibility index (Phi) is 3.26. The van der Waals surface area contributed by atoms with Gasteiger partial charge in [-0.1, -0.05) is 42.5 Å². The van der Waals surface area contributed by atoms with E-state index in [1.165, 1.54) is 16.7 Å². The van der Waals surface area contributed by atoms with Crippen LogP contribution in [0, 0.1) is 6.92 Å². The maximum Gasteiger partial charge on any atom is 0.0346 e. The third-order valence-corrected chi connectivity index (χ3v) is 4.11. The van der Waals surface area contributed by atoms with E-state index in [0.717, 1.165) is 25.3 Å². The van der Waals surface area contributed by atoms with Gasteiger partial charge in [0.2, 0.25) is 0 Å². The summed E-state index contributed by atoms with van der Waals surface area (Å²) in [5.41, 5.74) is 10.9. The predicted molar refractivity (Wildman–Crippen MR) is 80.1 cm³/mol. The number of hydrogen-bond acceptors (Lipinski definition) is 2. The van der Waals surface area contributed by atoms with Gasteiger partial charge in [-0.15, -0.1) is 0 Å². The zero-order valence-corrected chi connectivity index (χ0v) is 11.3. The first-order chi connectivity index (χ1) is 9.24. The van der Waals surface area contributed by atoms with Gasteiger partial charge in [-0.05, 0) is 29.7 Å². The highest BCUT2D eigenvalue weighted by Crippen LogP contribution is 2.29. The number of benzene rings is 2. The molecule has 19 heavy (non-hydrogen) atoms. The van der Waals surface area contributed by atoms with Crippen molar-refractivity contribution >= 4 is 5.69 Å². The van der Waals surface area contributed by atoms with Crippen LogP contribution in [-0.4, -0.2) is 18.0 Å². The average Bonchev–Trinajstić information content (AvgIpc) is 2.39. The molecule has 0 saturated carbocycles. The molecule has 1 aliphatic heterocycles. The van der Waals surface area contributed by atoms with Gasteiger partial charge in [-0.25, -0.2) is 0 Å². The molecule has 0 unspecified atom stereocenters. The van der Waals surface area contributed by atoms with Gasteiger partial charge < -0.3 is 5.73 Å². The standard InChI is InChI=1S/C17H20N2/c1-13-15(8-5-9-17(13)18)10-19-11-16(12-19)14-6-3-2-4-7-14/h2-9,16H,10-12,18H2,1H3. The number of anilines is 1. The highest BCUT2D eigenvalue weighted by atomic mass is 15.2. The van der Waals surface area contributed by atoms with E-state index >= 15 is 0 Å². The summed E-state index contributed by atoms with van der Waals surface area (Å²) in [6.07, 6.45) is 0. The summed E-state index contributed by atoms with van der Waals surface area (Å²) in [5, 5.41) is 0. The van der Waals surface area contributed by atoms with Gasteiger partial charge in [0.25, 0.3) is 0 Å². The lowest BCUT2D eigenvalue weighted by Gasteiger charge is -2.40. The topological polar surface area (TPSA) is 29.3 Å². The van der Waals surface area contributed by atoms with Crippen molar-refractivity contribution < 1.29 is 0 Å². The largest absolute Gasteiger partial charge is 0.399 e. The zero-order chi connectivity index (χ0) is 13.2. The van der Waals surface area contributed by atoms with Gasteiger partial charge in [-0.3, -0.25) is 4.90 Å². The lowest BCUT2D eigenvalue weighted by Crippen LogP contribution is -2.44. The van der Waals surface area contributed by atoms with Crippen molar-refractivity contribution in [3.63, 3.8) is 0 Å². The Balaban J connectivity index is 1.61. The van der Waals surface area contributed by atoms with Gasteiger partial charge >= 0.3 is 0 Å². The SMILES string of the molecule is Cc1c(N)cccc1CN1CC(c2ccccc2)C1. The fourth-order valence-electron chi connectivity index (χ4n) is 2.75. The maximum absolute atomic E-state index is 5.96. The first kappa shape index (κ1) is 12.2. The van der Waals surface area contributed by atoms with Crippen LogP contribution in [0.4, 0.5) is 5.69 Å². The molecule has 0 spiro atoms. The zero-order valence-electron chi connectivity index (χ0n) is 11.3. The Labute approximate surface area is 114 Å². The first-order valence-electron chi connectivity index (χ1n) is 6.85. The maximum atomic E-state index is 5.96. The molecule has 2 aromatic rings. The number of nitrogens with zero attached hydrogens (tertiary/aromatic N) is 1. The van der Waals surface area contributed by atoms with Gasteiger partial charge in [0.15, 0.2) is 0 Å². The highest BCUT2D eigenvalue weighted by Gasteiger charge is 2.27. The minimum Gasteiger partial charge on any atom is -0.399 e. The quantitative estimate of drug-likeness (QED) is 0.850. The van der Waals surface area contributed by atoms with Crippen LogP contribution in [0.1, 0.15) is 22.6 Å². The van der Waals surface area contributed by atoms with Crippen molar-refractivity contribution in [2.75, 3.05) is 18.8 Å². The van der Waals surface area contributed by atoms with E-state index in [2.05, 4.69) is 48.2 Å². The molecule has 1 saturated heterocycles. The van der Waals surface area contributed by atoms with Crippen LogP contribution in [0.5, 0.6) is 0 Å². The Morgan fingerprint density at radius 1 is 1.05 bits per heavy atom. The van der Waals surface area contributed by atoms with Crippen LogP contribution >= 0.6 is 0 Å². The van der Waals surface area contributed by atoms with Crippen molar-refractivity contribution in [2.45, 2.75) is 19.4 Å². The Morgan fingerprint density at radius 3 is 2.53 bits per heavy atom. The minimum atomic E-state index is 0.697. The lowest BCUT2D eigenvalue weighted by molar-refractivity contribution is 0.139. The molecule has 0 radical (unpaired) electrons. The van der Waals surface area contributed by atoms with Crippen molar-refractivity contribution in [3.8, 4) is 0 Å². The van der Waals surface area contributed by atoms with Crippen LogP contribution in [-0.2, 0) is 6.54 Å². The second-order valence-electron chi connectivity index (χ2n) is 5.43. The summed E-state index contributed by atoms with van der Waals surface area (Å²) >= 11 is 0. The molecule has 2 N–H and O–H groups in total. The van der Waals surface area contributed by atoms with Gasteiger partial charge in [0.05, 0.1) is 0 Å². The summed E-state index contributed by atoms with van der Waals surface area (Å²) in [6, 6.07) is 17.0. The molecule has 0 aliphatic carbocycles. The van der Waals surface area contributed by atoms with Crippen molar-refractivity contribution in [1.82, 2.24) is 4.90 Å². The van der Waals surface area contributed by atoms with E-state index in [0.29, 0.717) is 5.92 Å². The molecule has 1 fully saturated rings. The van der Waals surface area contributed by atoms with Crippen LogP contribution in [0.15, 0.2) is 48.5 Å². The molecule has 3 rings (SSSR count). The molecular weight excluding hydrogens is 232 g/mol. The second kappa shape index (κ2) is 5.06. The predicted octanol–water partition coefficient (Wildman–Crippen LogP) is 3.18. The molecule has 0 amide bonds. The van der Waals surface area contributed by atoms with E-state index < -0.39 is 0 Å². The smallest absolute Gasteiger partial charge is 0.0346 e. The molecule has 1 aliphatic rings. The number of nitrogen functional groups attached to an aromatic ring is 1. The fraction of sp³-hybridized carbons (Fsp3) is 0.294. The number of rotatable bonds is 3. The summed E-state index contributed by atoms with van der Waals surface area (Å²) in [5.74, 6) is 0.697. The molecule has 98 valence electrons. The summed E-state index contributed by atoms with van der Waals surface area (Å²) in [4.78, 5) is 2.49. The van der Waals surface area contributed by atoms with E-state index in [1.807, 2.05) is 12.1 Å². The second-order valence-corrected chi connectivity index (χ2v) is 5.43. The van der Waals surface area contributed by atoms with Gasteiger partial charge in [0.1, 0.15) is 0 Å². The third-order valence-electron chi connectivity index (χ3n) is 4.11. The van der Waals surface area contributed by atoms with Crippen LogP contribution in [0.2, 0.25) is 0 Å². The van der Waals surface area contributed by atoms with E-state index in [4.69, 9.17) is 5.73 Å². The third kappa shape index (κ3) is 2.49. The molecule has 0 aromatic heterocycles. The summed E-state index contributed by atoms with van der Waals surface area (Å²) < 4.78 is 0. The normalized spacial score (nSPS) is 16.3. The van der Waals surface area contributed by atoms with Crippen LogP contribution < -0.4 is 5.73 Å². The molecule has 2 aromatic carbocycles.